The third kappa shape index (κ3) is 3.22. The maximum Gasteiger partial charge on any atom is 0.150 e. The number of hydrogen-bond donors (Lipinski definition) is 0. The van der Waals surface area contributed by atoms with Crippen LogP contribution in [-0.4, -0.2) is 35.7 Å². The molecule has 1 unspecified atom stereocenters. The fourth-order valence-electron chi connectivity index (χ4n) is 3.11. The largest absolute Gasteiger partial charge is 0.361 e. The zero-order chi connectivity index (χ0) is 17.1. The van der Waals surface area contributed by atoms with Crippen molar-refractivity contribution in [3.63, 3.8) is 0 Å². The summed E-state index contributed by atoms with van der Waals surface area (Å²) >= 11 is 0. The van der Waals surface area contributed by atoms with Crippen molar-refractivity contribution >= 4 is 5.82 Å². The smallest absolute Gasteiger partial charge is 0.150 e. The van der Waals surface area contributed by atoms with Crippen LogP contribution in [0, 0.1) is 17.1 Å². The van der Waals surface area contributed by atoms with Crippen LogP contribution in [0.4, 0.5) is 10.2 Å². The van der Waals surface area contributed by atoms with Crippen molar-refractivity contribution in [2.24, 2.45) is 0 Å². The van der Waals surface area contributed by atoms with Gasteiger partial charge in [-0.1, -0.05) is 12.1 Å². The maximum absolute atomic E-state index is 14.3. The predicted octanol–water partition coefficient (Wildman–Crippen LogP) is 2.89. The van der Waals surface area contributed by atoms with Crippen LogP contribution in [0.1, 0.15) is 35.7 Å². The van der Waals surface area contributed by atoms with E-state index in [2.05, 4.69) is 15.1 Å². The van der Waals surface area contributed by atoms with E-state index in [0.29, 0.717) is 12.1 Å². The lowest BCUT2D eigenvalue weighted by Gasteiger charge is -2.24. The Morgan fingerprint density at radius 2 is 2.12 bits per heavy atom. The molecule has 1 saturated heterocycles. The highest BCUT2D eigenvalue weighted by molar-refractivity contribution is 5.36. The molecule has 0 radical (unpaired) electrons. The number of halogens is 1. The third-order valence-corrected chi connectivity index (χ3v) is 4.41. The quantitative estimate of drug-likeness (QED) is 0.865. The average molecular weight is 325 g/mol. The third-order valence-electron chi connectivity index (χ3n) is 4.41. The van der Waals surface area contributed by atoms with Gasteiger partial charge in [0.2, 0.25) is 0 Å². The van der Waals surface area contributed by atoms with E-state index in [-0.39, 0.29) is 11.6 Å². The highest BCUT2D eigenvalue weighted by Crippen LogP contribution is 2.32. The van der Waals surface area contributed by atoms with E-state index in [0.717, 1.165) is 30.9 Å². The fourth-order valence-corrected chi connectivity index (χ4v) is 3.11. The van der Waals surface area contributed by atoms with E-state index in [1.165, 1.54) is 6.07 Å². The summed E-state index contributed by atoms with van der Waals surface area (Å²) in [5.41, 5.74) is 1.56. The lowest BCUT2D eigenvalue weighted by molar-refractivity contribution is 0.240. The first-order chi connectivity index (χ1) is 11.6. The van der Waals surface area contributed by atoms with Crippen LogP contribution in [0.3, 0.4) is 0 Å². The van der Waals surface area contributed by atoms with Crippen LogP contribution in [0.25, 0.3) is 0 Å². The van der Waals surface area contributed by atoms with Gasteiger partial charge < -0.3 is 4.90 Å². The minimum absolute atomic E-state index is 0.0957. The molecule has 2 aromatic rings. The number of hydrogen-bond acceptors (Lipinski definition) is 5. The molecule has 6 heteroatoms. The summed E-state index contributed by atoms with van der Waals surface area (Å²) in [6.07, 6.45) is 2.02. The summed E-state index contributed by atoms with van der Waals surface area (Å²) in [4.78, 5) is 4.12. The summed E-state index contributed by atoms with van der Waals surface area (Å²) in [5, 5.41) is 17.6. The summed E-state index contributed by atoms with van der Waals surface area (Å²) < 4.78 is 14.3. The second kappa shape index (κ2) is 6.93. The Morgan fingerprint density at radius 3 is 2.79 bits per heavy atom. The Bertz CT molecular complexity index is 751. The van der Waals surface area contributed by atoms with E-state index >= 15 is 0 Å². The minimum atomic E-state index is -0.417. The first kappa shape index (κ1) is 16.3. The molecule has 1 atom stereocenters. The van der Waals surface area contributed by atoms with Gasteiger partial charge in [-0.05, 0) is 37.6 Å². The molecule has 1 fully saturated rings. The van der Waals surface area contributed by atoms with Crippen LogP contribution in [0.15, 0.2) is 30.3 Å². The van der Waals surface area contributed by atoms with Crippen molar-refractivity contribution in [2.45, 2.75) is 25.4 Å². The van der Waals surface area contributed by atoms with Gasteiger partial charge in [0.05, 0.1) is 17.3 Å². The Hall–Kier alpha value is -2.52. The Labute approximate surface area is 141 Å². The maximum atomic E-state index is 14.3. The summed E-state index contributed by atoms with van der Waals surface area (Å²) in [6, 6.07) is 11.0. The molecule has 0 N–H and O–H groups in total. The summed E-state index contributed by atoms with van der Waals surface area (Å²) in [6.45, 7) is 1.36. The number of rotatable bonds is 4. The number of aromatic nitrogens is 2. The molecule has 24 heavy (non-hydrogen) atoms. The van der Waals surface area contributed by atoms with Crippen LogP contribution in [0.2, 0.25) is 0 Å². The van der Waals surface area contributed by atoms with Gasteiger partial charge in [-0.2, -0.15) is 10.4 Å². The van der Waals surface area contributed by atoms with E-state index < -0.39 is 5.82 Å². The van der Waals surface area contributed by atoms with Gasteiger partial charge in [0.25, 0.3) is 0 Å². The van der Waals surface area contributed by atoms with Gasteiger partial charge in [-0.25, -0.2) is 4.39 Å². The molecule has 0 bridgehead atoms. The molecule has 1 aliphatic rings. The highest BCUT2D eigenvalue weighted by atomic mass is 19.1. The normalized spacial score (nSPS) is 17.7. The van der Waals surface area contributed by atoms with Crippen LogP contribution >= 0.6 is 0 Å². The minimum Gasteiger partial charge on any atom is -0.361 e. The number of anilines is 1. The zero-order valence-corrected chi connectivity index (χ0v) is 13.9. The molecule has 124 valence electrons. The average Bonchev–Trinajstić information content (AvgIpc) is 3.05. The van der Waals surface area contributed by atoms with Gasteiger partial charge in [-0.3, -0.25) is 4.90 Å². The fraction of sp³-hybridized carbons (Fsp3) is 0.389. The molecule has 5 nitrogen and oxygen atoms in total. The number of nitriles is 1. The molecule has 2 heterocycles. The summed E-state index contributed by atoms with van der Waals surface area (Å²) in [7, 11) is 3.85. The molecule has 1 aromatic carbocycles. The van der Waals surface area contributed by atoms with Gasteiger partial charge in [0.1, 0.15) is 11.9 Å². The first-order valence-electron chi connectivity index (χ1n) is 8.02. The van der Waals surface area contributed by atoms with Gasteiger partial charge >= 0.3 is 0 Å². The zero-order valence-electron chi connectivity index (χ0n) is 13.9. The SMILES string of the molecule is CN(C)c1ccc(C2CCCN2Cc2cccc(C#N)c2F)nn1. The summed E-state index contributed by atoms with van der Waals surface area (Å²) in [5.74, 6) is 0.399. The van der Waals surface area contributed by atoms with Crippen LogP contribution in [-0.2, 0) is 6.54 Å². The van der Waals surface area contributed by atoms with E-state index in [1.807, 2.05) is 37.2 Å². The molecule has 3 rings (SSSR count). The van der Waals surface area contributed by atoms with E-state index in [1.54, 1.807) is 12.1 Å². The standard InChI is InChI=1S/C18H20FN5/c1-23(2)17-9-8-15(21-22-17)16-7-4-10-24(16)12-14-6-3-5-13(11-20)18(14)19/h3,5-6,8-9,16H,4,7,10,12H2,1-2H3. The van der Waals surface area contributed by atoms with Crippen LogP contribution < -0.4 is 4.90 Å². The number of nitrogens with zero attached hydrogens (tertiary/aromatic N) is 5. The number of likely N-dealkylation sites (tertiary alicyclic amines) is 1. The van der Waals surface area contributed by atoms with Crippen molar-refractivity contribution in [1.29, 1.82) is 5.26 Å². The molecule has 1 aromatic heterocycles. The lowest BCUT2D eigenvalue weighted by atomic mass is 10.1. The lowest BCUT2D eigenvalue weighted by Crippen LogP contribution is -2.24. The molecular formula is C18H20FN5. The Balaban J connectivity index is 1.80. The van der Waals surface area contributed by atoms with Crippen molar-refractivity contribution < 1.29 is 4.39 Å². The second-order valence-corrected chi connectivity index (χ2v) is 6.23. The monoisotopic (exact) mass is 325 g/mol. The predicted molar refractivity (Wildman–Crippen MR) is 89.9 cm³/mol. The van der Waals surface area contributed by atoms with Gasteiger partial charge in [0.15, 0.2) is 5.82 Å². The highest BCUT2D eigenvalue weighted by Gasteiger charge is 2.28. The van der Waals surface area contributed by atoms with Crippen molar-refractivity contribution in [1.82, 2.24) is 15.1 Å². The van der Waals surface area contributed by atoms with Crippen molar-refractivity contribution in [2.75, 3.05) is 25.5 Å². The van der Waals surface area contributed by atoms with Crippen molar-refractivity contribution in [3.8, 4) is 6.07 Å². The topological polar surface area (TPSA) is 56.0 Å². The second-order valence-electron chi connectivity index (χ2n) is 6.23. The van der Waals surface area contributed by atoms with Gasteiger partial charge in [0, 0.05) is 26.2 Å². The van der Waals surface area contributed by atoms with E-state index in [9.17, 15) is 4.39 Å². The van der Waals surface area contributed by atoms with Crippen molar-refractivity contribution in [3.05, 3.63) is 53.0 Å². The molecule has 1 aliphatic heterocycles. The number of benzene rings is 1. The molecule has 0 spiro atoms. The van der Waals surface area contributed by atoms with Crippen LogP contribution in [0.5, 0.6) is 0 Å². The van der Waals surface area contributed by atoms with Gasteiger partial charge in [-0.15, -0.1) is 5.10 Å². The first-order valence-corrected chi connectivity index (χ1v) is 8.02. The molecule has 0 aliphatic carbocycles. The van der Waals surface area contributed by atoms with E-state index in [4.69, 9.17) is 5.26 Å². The molecule has 0 saturated carbocycles. The Morgan fingerprint density at radius 1 is 1.29 bits per heavy atom. The molecular weight excluding hydrogens is 305 g/mol. The molecule has 0 amide bonds. The Kier molecular flexibility index (Phi) is 4.72.